The fraction of sp³-hybridized carbons (Fsp3) is 0.545. The number of anilines is 1. The molecule has 15 heavy (non-hydrogen) atoms. The second kappa shape index (κ2) is 5.61. The van der Waals surface area contributed by atoms with Crippen molar-refractivity contribution in [1.29, 1.82) is 0 Å². The predicted octanol–water partition coefficient (Wildman–Crippen LogP) is 3.43. The van der Waals surface area contributed by atoms with Crippen molar-refractivity contribution in [3.63, 3.8) is 0 Å². The number of rotatable bonds is 3. The standard InChI is InChI=1S/C11H15ClN2S/c12-10-5-3-6-13-11(10)14-8-9-4-1-2-7-15-9/h3,5-6,9H,1-2,4,7-8H2,(H,13,14). The largest absolute Gasteiger partial charge is 0.368 e. The van der Waals surface area contributed by atoms with Crippen molar-refractivity contribution < 1.29 is 0 Å². The molecule has 1 fully saturated rings. The number of halogens is 1. The number of hydrogen-bond donors (Lipinski definition) is 1. The summed E-state index contributed by atoms with van der Waals surface area (Å²) in [6, 6.07) is 3.72. The highest BCUT2D eigenvalue weighted by Crippen LogP contribution is 2.26. The van der Waals surface area contributed by atoms with Gasteiger partial charge in [0.25, 0.3) is 0 Å². The summed E-state index contributed by atoms with van der Waals surface area (Å²) < 4.78 is 0. The molecule has 1 aromatic rings. The predicted molar refractivity (Wildman–Crippen MR) is 67.8 cm³/mol. The summed E-state index contributed by atoms with van der Waals surface area (Å²) in [7, 11) is 0. The van der Waals surface area contributed by atoms with Crippen LogP contribution in [0.3, 0.4) is 0 Å². The topological polar surface area (TPSA) is 24.9 Å². The van der Waals surface area contributed by atoms with Crippen LogP contribution >= 0.6 is 23.4 Å². The maximum Gasteiger partial charge on any atom is 0.144 e. The van der Waals surface area contributed by atoms with Crippen molar-refractivity contribution in [1.82, 2.24) is 4.98 Å². The average Bonchev–Trinajstić information content (AvgIpc) is 2.29. The van der Waals surface area contributed by atoms with Gasteiger partial charge in [-0.2, -0.15) is 11.8 Å². The van der Waals surface area contributed by atoms with Crippen LogP contribution in [-0.4, -0.2) is 22.5 Å². The van der Waals surface area contributed by atoms with Crippen molar-refractivity contribution in [3.8, 4) is 0 Å². The van der Waals surface area contributed by atoms with Crippen molar-refractivity contribution in [2.45, 2.75) is 24.5 Å². The van der Waals surface area contributed by atoms with E-state index in [2.05, 4.69) is 22.1 Å². The molecule has 4 heteroatoms. The minimum Gasteiger partial charge on any atom is -0.368 e. The van der Waals surface area contributed by atoms with Crippen LogP contribution in [0, 0.1) is 0 Å². The van der Waals surface area contributed by atoms with E-state index in [-0.39, 0.29) is 0 Å². The second-order valence-electron chi connectivity index (χ2n) is 3.70. The van der Waals surface area contributed by atoms with Gasteiger partial charge in [-0.25, -0.2) is 4.98 Å². The van der Waals surface area contributed by atoms with Crippen molar-refractivity contribution in [3.05, 3.63) is 23.4 Å². The van der Waals surface area contributed by atoms with Gasteiger partial charge in [0, 0.05) is 18.0 Å². The third-order valence-electron chi connectivity index (χ3n) is 2.53. The Labute approximate surface area is 99.8 Å². The zero-order valence-electron chi connectivity index (χ0n) is 8.58. The van der Waals surface area contributed by atoms with E-state index in [0.717, 1.165) is 17.6 Å². The van der Waals surface area contributed by atoms with Gasteiger partial charge in [0.2, 0.25) is 0 Å². The molecule has 2 heterocycles. The smallest absolute Gasteiger partial charge is 0.144 e. The van der Waals surface area contributed by atoms with E-state index in [9.17, 15) is 0 Å². The molecule has 1 atom stereocenters. The fourth-order valence-corrected chi connectivity index (χ4v) is 3.12. The van der Waals surface area contributed by atoms with Gasteiger partial charge in [0.05, 0.1) is 5.02 Å². The second-order valence-corrected chi connectivity index (χ2v) is 5.52. The molecule has 0 radical (unpaired) electrons. The maximum atomic E-state index is 6.01. The molecule has 0 saturated carbocycles. The Morgan fingerprint density at radius 3 is 3.20 bits per heavy atom. The maximum absolute atomic E-state index is 6.01. The Balaban J connectivity index is 1.84. The van der Waals surface area contributed by atoms with Gasteiger partial charge in [-0.15, -0.1) is 0 Å². The summed E-state index contributed by atoms with van der Waals surface area (Å²) in [6.45, 7) is 0.974. The minimum atomic E-state index is 0.707. The van der Waals surface area contributed by atoms with Crippen LogP contribution in [0.4, 0.5) is 5.82 Å². The van der Waals surface area contributed by atoms with E-state index < -0.39 is 0 Å². The van der Waals surface area contributed by atoms with E-state index in [1.165, 1.54) is 25.0 Å². The Hall–Kier alpha value is -0.410. The molecule has 1 unspecified atom stereocenters. The highest BCUT2D eigenvalue weighted by molar-refractivity contribution is 7.99. The van der Waals surface area contributed by atoms with Gasteiger partial charge < -0.3 is 5.32 Å². The molecule has 1 aromatic heterocycles. The first-order valence-electron chi connectivity index (χ1n) is 5.32. The molecule has 0 aliphatic carbocycles. The number of thioether (sulfide) groups is 1. The Morgan fingerprint density at radius 1 is 1.53 bits per heavy atom. The van der Waals surface area contributed by atoms with Gasteiger partial charge in [0.15, 0.2) is 0 Å². The van der Waals surface area contributed by atoms with Gasteiger partial charge in [0.1, 0.15) is 5.82 Å². The summed E-state index contributed by atoms with van der Waals surface area (Å²) in [5.74, 6) is 2.10. The number of pyridine rings is 1. The minimum absolute atomic E-state index is 0.707. The lowest BCUT2D eigenvalue weighted by Crippen LogP contribution is -2.20. The van der Waals surface area contributed by atoms with Crippen LogP contribution < -0.4 is 5.32 Å². The fourth-order valence-electron chi connectivity index (χ4n) is 1.69. The SMILES string of the molecule is Clc1cccnc1NCC1CCCCS1. The Bertz CT molecular complexity index is 313. The molecule has 82 valence electrons. The molecular weight excluding hydrogens is 228 g/mol. The number of hydrogen-bond acceptors (Lipinski definition) is 3. The van der Waals surface area contributed by atoms with Crippen LogP contribution in [0.25, 0.3) is 0 Å². The summed E-state index contributed by atoms with van der Waals surface area (Å²) in [6.07, 6.45) is 5.80. The van der Waals surface area contributed by atoms with Gasteiger partial charge in [-0.1, -0.05) is 18.0 Å². The van der Waals surface area contributed by atoms with Crippen LogP contribution in [-0.2, 0) is 0 Å². The molecule has 1 saturated heterocycles. The molecular formula is C11H15ClN2S. The van der Waals surface area contributed by atoms with Crippen LogP contribution in [0.2, 0.25) is 5.02 Å². The van der Waals surface area contributed by atoms with Crippen LogP contribution in [0.1, 0.15) is 19.3 Å². The van der Waals surface area contributed by atoms with E-state index in [0.29, 0.717) is 5.02 Å². The van der Waals surface area contributed by atoms with Crippen molar-refractivity contribution >= 4 is 29.2 Å². The first kappa shape index (κ1) is 11.1. The Kier molecular flexibility index (Phi) is 4.15. The molecule has 0 bridgehead atoms. The molecule has 0 spiro atoms. The molecule has 2 rings (SSSR count). The zero-order valence-corrected chi connectivity index (χ0v) is 10.2. The van der Waals surface area contributed by atoms with Gasteiger partial charge in [-0.3, -0.25) is 0 Å². The summed E-state index contributed by atoms with van der Waals surface area (Å²) in [4.78, 5) is 4.21. The summed E-state index contributed by atoms with van der Waals surface area (Å²) in [5, 5.41) is 4.74. The third-order valence-corrected chi connectivity index (χ3v) is 4.23. The van der Waals surface area contributed by atoms with E-state index in [1.54, 1.807) is 6.20 Å². The summed E-state index contributed by atoms with van der Waals surface area (Å²) >= 11 is 8.07. The molecule has 0 amide bonds. The first-order valence-corrected chi connectivity index (χ1v) is 6.75. The lowest BCUT2D eigenvalue weighted by molar-refractivity contribution is 0.677. The highest BCUT2D eigenvalue weighted by atomic mass is 35.5. The van der Waals surface area contributed by atoms with E-state index in [4.69, 9.17) is 11.6 Å². The molecule has 0 aromatic carbocycles. The van der Waals surface area contributed by atoms with E-state index >= 15 is 0 Å². The quantitative estimate of drug-likeness (QED) is 0.879. The number of nitrogens with zero attached hydrogens (tertiary/aromatic N) is 1. The Morgan fingerprint density at radius 2 is 2.47 bits per heavy atom. The first-order chi connectivity index (χ1) is 7.36. The highest BCUT2D eigenvalue weighted by Gasteiger charge is 2.13. The molecule has 1 N–H and O–H groups in total. The lowest BCUT2D eigenvalue weighted by Gasteiger charge is -2.21. The zero-order chi connectivity index (χ0) is 10.5. The lowest BCUT2D eigenvalue weighted by atomic mass is 10.2. The van der Waals surface area contributed by atoms with Crippen LogP contribution in [0.15, 0.2) is 18.3 Å². The third kappa shape index (κ3) is 3.28. The van der Waals surface area contributed by atoms with Gasteiger partial charge >= 0.3 is 0 Å². The summed E-state index contributed by atoms with van der Waals surface area (Å²) in [5.41, 5.74) is 0. The monoisotopic (exact) mass is 242 g/mol. The van der Waals surface area contributed by atoms with Crippen LogP contribution in [0.5, 0.6) is 0 Å². The van der Waals surface area contributed by atoms with E-state index in [1.807, 2.05) is 12.1 Å². The van der Waals surface area contributed by atoms with Crippen molar-refractivity contribution in [2.75, 3.05) is 17.6 Å². The number of nitrogens with one attached hydrogen (secondary N) is 1. The number of aromatic nitrogens is 1. The van der Waals surface area contributed by atoms with Gasteiger partial charge in [-0.05, 0) is 30.7 Å². The molecule has 1 aliphatic heterocycles. The molecule has 2 nitrogen and oxygen atoms in total. The average molecular weight is 243 g/mol. The van der Waals surface area contributed by atoms with Crippen molar-refractivity contribution in [2.24, 2.45) is 0 Å². The normalized spacial score (nSPS) is 21.3. The molecule has 1 aliphatic rings.